The van der Waals surface area contributed by atoms with E-state index in [1.165, 1.54) is 44.5 Å². The van der Waals surface area contributed by atoms with Crippen LogP contribution in [-0.4, -0.2) is 11.5 Å². The second-order valence-corrected chi connectivity index (χ2v) is 9.91. The molecular formula is C32H28N2. The fraction of sp³-hybridized carbons (Fsp3) is 0.188. The molecule has 0 amide bonds. The van der Waals surface area contributed by atoms with Crippen LogP contribution < -0.4 is 4.90 Å². The summed E-state index contributed by atoms with van der Waals surface area (Å²) in [5.74, 6) is 0.525. The van der Waals surface area contributed by atoms with Gasteiger partial charge in [-0.2, -0.15) is 0 Å². The van der Waals surface area contributed by atoms with Gasteiger partial charge in [0.15, 0.2) is 0 Å². The second-order valence-electron chi connectivity index (χ2n) is 9.91. The zero-order chi connectivity index (χ0) is 22.7. The van der Waals surface area contributed by atoms with Gasteiger partial charge in [-0.25, -0.2) is 0 Å². The van der Waals surface area contributed by atoms with Gasteiger partial charge in [0.1, 0.15) is 0 Å². The number of aromatic nitrogens is 1. The van der Waals surface area contributed by atoms with Crippen LogP contribution in [0.3, 0.4) is 0 Å². The summed E-state index contributed by atoms with van der Waals surface area (Å²) in [6, 6.07) is 40.2. The molecule has 7 rings (SSSR count). The van der Waals surface area contributed by atoms with Crippen LogP contribution in [0.4, 0.5) is 5.69 Å². The maximum absolute atomic E-state index is 3.92. The second kappa shape index (κ2) is 7.36. The minimum Gasteiger partial charge on any atom is -0.359 e. The van der Waals surface area contributed by atoms with E-state index in [-0.39, 0.29) is 17.4 Å². The molecule has 2 nitrogen and oxygen atoms in total. The van der Waals surface area contributed by atoms with Gasteiger partial charge in [-0.05, 0) is 47.7 Å². The van der Waals surface area contributed by atoms with Gasteiger partial charge in [0.2, 0.25) is 0 Å². The molecule has 0 spiro atoms. The Hall–Kier alpha value is -3.78. The number of para-hydroxylation sites is 2. The average Bonchev–Trinajstić information content (AvgIpc) is 3.29. The van der Waals surface area contributed by atoms with E-state index in [2.05, 4.69) is 126 Å². The first-order valence-corrected chi connectivity index (χ1v) is 12.3. The van der Waals surface area contributed by atoms with Gasteiger partial charge in [-0.1, -0.05) is 97.1 Å². The molecule has 1 N–H and O–H groups in total. The Kier molecular flexibility index (Phi) is 4.26. The third kappa shape index (κ3) is 2.63. The van der Waals surface area contributed by atoms with E-state index in [0.717, 1.165) is 13.0 Å². The highest BCUT2D eigenvalue weighted by Gasteiger charge is 2.54. The fourth-order valence-electron chi connectivity index (χ4n) is 6.89. The molecule has 0 unspecified atom stereocenters. The van der Waals surface area contributed by atoms with Crippen LogP contribution in [0.15, 0.2) is 109 Å². The number of benzene rings is 4. The first-order chi connectivity index (χ1) is 16.8. The zero-order valence-corrected chi connectivity index (χ0v) is 19.4. The lowest BCUT2D eigenvalue weighted by Gasteiger charge is -2.57. The fourth-order valence-corrected chi connectivity index (χ4v) is 6.89. The SMILES string of the molecule is C[C@]12c3[nH]c4ccccc4c3CCN1c1ccccc1[C@@H](c1ccccc1)[C@@H]2c1ccccc1. The standard InChI is InChI=1S/C32H28N2/c1-32-30(23-14-6-3-7-15-23)29(22-12-4-2-5-13-22)26-17-9-11-19-28(26)34(32)21-20-25-24-16-8-10-18-27(24)33-31(25)32/h2-19,29-30,33H,20-21H2,1H3/t29-,30+,32+/m1/s1. The molecule has 2 heteroatoms. The molecule has 34 heavy (non-hydrogen) atoms. The normalized spacial score (nSPS) is 23.3. The Morgan fingerprint density at radius 3 is 2.18 bits per heavy atom. The predicted molar refractivity (Wildman–Crippen MR) is 141 cm³/mol. The van der Waals surface area contributed by atoms with Crippen molar-refractivity contribution in [3.05, 3.63) is 137 Å². The van der Waals surface area contributed by atoms with E-state index in [1.54, 1.807) is 0 Å². The Morgan fingerprint density at radius 1 is 0.735 bits per heavy atom. The van der Waals surface area contributed by atoms with Crippen molar-refractivity contribution >= 4 is 16.6 Å². The number of rotatable bonds is 2. The van der Waals surface area contributed by atoms with E-state index < -0.39 is 0 Å². The van der Waals surface area contributed by atoms with Crippen molar-refractivity contribution < 1.29 is 0 Å². The predicted octanol–water partition coefficient (Wildman–Crippen LogP) is 7.38. The van der Waals surface area contributed by atoms with E-state index in [9.17, 15) is 0 Å². The molecule has 0 aliphatic carbocycles. The van der Waals surface area contributed by atoms with Crippen LogP contribution in [0.5, 0.6) is 0 Å². The average molecular weight is 441 g/mol. The summed E-state index contributed by atoms with van der Waals surface area (Å²) >= 11 is 0. The number of hydrogen-bond acceptors (Lipinski definition) is 1. The minimum absolute atomic E-state index is 0.206. The van der Waals surface area contributed by atoms with Crippen molar-refractivity contribution in [3.63, 3.8) is 0 Å². The lowest BCUT2D eigenvalue weighted by molar-refractivity contribution is 0.291. The van der Waals surface area contributed by atoms with Crippen LogP contribution in [0.25, 0.3) is 10.9 Å². The molecule has 2 aliphatic heterocycles. The number of nitrogens with one attached hydrogen (secondary N) is 1. The molecule has 0 radical (unpaired) electrons. The summed E-state index contributed by atoms with van der Waals surface area (Å²) in [4.78, 5) is 6.61. The van der Waals surface area contributed by atoms with E-state index >= 15 is 0 Å². The van der Waals surface area contributed by atoms with Gasteiger partial charge >= 0.3 is 0 Å². The number of fused-ring (bicyclic) bond motifs is 7. The van der Waals surface area contributed by atoms with Gasteiger partial charge in [0, 0.05) is 40.7 Å². The largest absolute Gasteiger partial charge is 0.359 e. The highest BCUT2D eigenvalue weighted by Crippen LogP contribution is 2.60. The van der Waals surface area contributed by atoms with Crippen molar-refractivity contribution in [1.82, 2.24) is 4.98 Å². The molecular weight excluding hydrogens is 412 g/mol. The third-order valence-corrected chi connectivity index (χ3v) is 8.28. The molecule has 0 saturated heterocycles. The molecule has 0 fully saturated rings. The lowest BCUT2D eigenvalue weighted by Crippen LogP contribution is -2.57. The Labute approximate surface area is 200 Å². The van der Waals surface area contributed by atoms with Crippen LogP contribution in [0.1, 0.15) is 46.7 Å². The number of aromatic amines is 1. The molecule has 1 aromatic heterocycles. The Bertz CT molecular complexity index is 1480. The summed E-state index contributed by atoms with van der Waals surface area (Å²) in [6.07, 6.45) is 1.06. The Morgan fingerprint density at radius 2 is 1.38 bits per heavy atom. The van der Waals surface area contributed by atoms with E-state index in [1.807, 2.05) is 0 Å². The molecule has 5 aromatic rings. The van der Waals surface area contributed by atoms with Crippen molar-refractivity contribution in [2.45, 2.75) is 30.7 Å². The first-order valence-electron chi connectivity index (χ1n) is 12.3. The number of hydrogen-bond donors (Lipinski definition) is 1. The number of nitrogens with zero attached hydrogens (tertiary/aromatic N) is 1. The van der Waals surface area contributed by atoms with Crippen molar-refractivity contribution in [2.75, 3.05) is 11.4 Å². The molecule has 2 aliphatic rings. The minimum atomic E-state index is -0.206. The molecule has 0 saturated carbocycles. The third-order valence-electron chi connectivity index (χ3n) is 8.28. The van der Waals surface area contributed by atoms with Crippen LogP contribution in [0, 0.1) is 0 Å². The highest BCUT2D eigenvalue weighted by atomic mass is 15.2. The van der Waals surface area contributed by atoms with Crippen LogP contribution in [-0.2, 0) is 12.0 Å². The molecule has 4 aromatic carbocycles. The maximum atomic E-state index is 3.92. The number of anilines is 1. The molecule has 166 valence electrons. The highest BCUT2D eigenvalue weighted by molar-refractivity contribution is 5.86. The maximum Gasteiger partial charge on any atom is 0.0854 e. The molecule has 0 bridgehead atoms. The molecule has 3 heterocycles. The van der Waals surface area contributed by atoms with Gasteiger partial charge in [0.25, 0.3) is 0 Å². The quantitative estimate of drug-likeness (QED) is 0.303. The summed E-state index contributed by atoms with van der Waals surface area (Å²) < 4.78 is 0. The van der Waals surface area contributed by atoms with Gasteiger partial charge in [0.05, 0.1) is 5.54 Å². The Balaban J connectivity index is 1.58. The summed E-state index contributed by atoms with van der Waals surface area (Å²) in [5.41, 5.74) is 9.49. The molecule has 3 atom stereocenters. The van der Waals surface area contributed by atoms with Crippen molar-refractivity contribution in [3.8, 4) is 0 Å². The van der Waals surface area contributed by atoms with E-state index in [0.29, 0.717) is 0 Å². The smallest absolute Gasteiger partial charge is 0.0854 e. The van der Waals surface area contributed by atoms with Gasteiger partial charge in [-0.3, -0.25) is 0 Å². The van der Waals surface area contributed by atoms with Crippen molar-refractivity contribution in [1.29, 1.82) is 0 Å². The van der Waals surface area contributed by atoms with Gasteiger partial charge in [-0.15, -0.1) is 0 Å². The summed E-state index contributed by atoms with van der Waals surface area (Å²) in [5, 5.41) is 1.38. The topological polar surface area (TPSA) is 19.0 Å². The summed E-state index contributed by atoms with van der Waals surface area (Å²) in [6.45, 7) is 3.50. The van der Waals surface area contributed by atoms with E-state index in [4.69, 9.17) is 0 Å². The summed E-state index contributed by atoms with van der Waals surface area (Å²) in [7, 11) is 0. The zero-order valence-electron chi connectivity index (χ0n) is 19.4. The monoisotopic (exact) mass is 440 g/mol. The van der Waals surface area contributed by atoms with Crippen LogP contribution in [0.2, 0.25) is 0 Å². The van der Waals surface area contributed by atoms with Crippen LogP contribution >= 0.6 is 0 Å². The van der Waals surface area contributed by atoms with Crippen molar-refractivity contribution in [2.24, 2.45) is 0 Å². The number of H-pyrrole nitrogens is 1. The van der Waals surface area contributed by atoms with Gasteiger partial charge < -0.3 is 9.88 Å². The lowest BCUT2D eigenvalue weighted by atomic mass is 9.61. The first kappa shape index (κ1) is 19.7.